The molecule has 6 nitrogen and oxygen atoms in total. The quantitative estimate of drug-likeness (QED) is 0.512. The van der Waals surface area contributed by atoms with E-state index in [1.807, 2.05) is 36.4 Å². The van der Waals surface area contributed by atoms with E-state index in [-0.39, 0.29) is 5.25 Å². The van der Waals surface area contributed by atoms with Crippen molar-refractivity contribution in [3.05, 3.63) is 72.8 Å². The minimum atomic E-state index is -0.0425. The molecular weight excluding hydrogens is 344 g/mol. The van der Waals surface area contributed by atoms with Crippen molar-refractivity contribution in [1.82, 2.24) is 30.2 Å². The second kappa shape index (κ2) is 7.53. The number of thiol groups is 1. The fourth-order valence-electron chi connectivity index (χ4n) is 2.84. The van der Waals surface area contributed by atoms with E-state index in [1.54, 1.807) is 11.0 Å². The Morgan fingerprint density at radius 3 is 2.31 bits per heavy atom. The fraction of sp³-hybridized carbons (Fsp3) is 0.158. The van der Waals surface area contributed by atoms with Gasteiger partial charge in [-0.2, -0.15) is 12.6 Å². The van der Waals surface area contributed by atoms with Crippen LogP contribution in [0.15, 0.2) is 67.0 Å². The Morgan fingerprint density at radius 1 is 0.962 bits per heavy atom. The number of aromatic nitrogens is 6. The smallest absolute Gasteiger partial charge is 0.138 e. The predicted octanol–water partition coefficient (Wildman–Crippen LogP) is 3.79. The number of H-pyrrole nitrogens is 1. The van der Waals surface area contributed by atoms with Crippen LogP contribution in [0.4, 0.5) is 0 Å². The molecule has 0 aliphatic heterocycles. The van der Waals surface area contributed by atoms with Crippen LogP contribution in [0, 0.1) is 0 Å². The highest BCUT2D eigenvalue weighted by atomic mass is 32.1. The number of benzene rings is 2. The number of hydrogen-bond acceptors (Lipinski definition) is 5. The van der Waals surface area contributed by atoms with E-state index in [1.165, 1.54) is 0 Å². The molecule has 2 aromatic carbocycles. The van der Waals surface area contributed by atoms with E-state index in [9.17, 15) is 0 Å². The van der Waals surface area contributed by atoms with Gasteiger partial charge in [0.05, 0.1) is 16.6 Å². The van der Waals surface area contributed by atoms with Gasteiger partial charge < -0.3 is 4.98 Å². The summed E-state index contributed by atoms with van der Waals surface area (Å²) in [5.74, 6) is 0.846. The molecule has 4 aromatic rings. The lowest BCUT2D eigenvalue weighted by molar-refractivity contribution is 0.550. The summed E-state index contributed by atoms with van der Waals surface area (Å²) in [7, 11) is 0. The van der Waals surface area contributed by atoms with Gasteiger partial charge in [-0.15, -0.1) is 5.10 Å². The lowest BCUT2D eigenvalue weighted by Gasteiger charge is -2.06. The first-order valence-electron chi connectivity index (χ1n) is 8.41. The second-order valence-electron chi connectivity index (χ2n) is 5.96. The SMILES string of the molecule is SC(CCn1cnnn1)c1nc(-c2ccccc2)c(-c2ccccc2)[nH]1. The largest absolute Gasteiger partial charge is 0.341 e. The van der Waals surface area contributed by atoms with E-state index in [2.05, 4.69) is 44.8 Å². The molecule has 26 heavy (non-hydrogen) atoms. The normalized spacial score (nSPS) is 12.2. The van der Waals surface area contributed by atoms with Crippen molar-refractivity contribution >= 4 is 12.6 Å². The molecule has 0 spiro atoms. The van der Waals surface area contributed by atoms with Crippen LogP contribution < -0.4 is 0 Å². The first-order chi connectivity index (χ1) is 12.8. The molecule has 130 valence electrons. The molecule has 0 saturated heterocycles. The minimum Gasteiger partial charge on any atom is -0.341 e. The molecular formula is C19H18N6S. The van der Waals surface area contributed by atoms with Crippen LogP contribution in [0.25, 0.3) is 22.5 Å². The summed E-state index contributed by atoms with van der Waals surface area (Å²) in [6.45, 7) is 0.684. The van der Waals surface area contributed by atoms with Crippen molar-refractivity contribution in [1.29, 1.82) is 0 Å². The molecule has 0 fully saturated rings. The first-order valence-corrected chi connectivity index (χ1v) is 8.92. The maximum absolute atomic E-state index is 4.86. The molecule has 2 heterocycles. The van der Waals surface area contributed by atoms with Crippen molar-refractivity contribution in [2.45, 2.75) is 18.2 Å². The molecule has 2 aromatic heterocycles. The maximum atomic E-state index is 4.86. The number of tetrazole rings is 1. The van der Waals surface area contributed by atoms with Crippen LogP contribution in [0.1, 0.15) is 17.5 Å². The van der Waals surface area contributed by atoms with Crippen LogP contribution >= 0.6 is 12.6 Å². The Kier molecular flexibility index (Phi) is 4.79. The first kappa shape index (κ1) is 16.5. The Hall–Kier alpha value is -2.93. The summed E-state index contributed by atoms with van der Waals surface area (Å²) < 4.78 is 1.70. The van der Waals surface area contributed by atoms with Crippen LogP contribution in [-0.4, -0.2) is 30.2 Å². The van der Waals surface area contributed by atoms with E-state index in [0.29, 0.717) is 6.54 Å². The molecule has 0 aliphatic carbocycles. The summed E-state index contributed by atoms with van der Waals surface area (Å²) in [4.78, 5) is 8.34. The Morgan fingerprint density at radius 2 is 1.65 bits per heavy atom. The van der Waals surface area contributed by atoms with Crippen molar-refractivity contribution < 1.29 is 0 Å². The van der Waals surface area contributed by atoms with Crippen LogP contribution in [0.5, 0.6) is 0 Å². The molecule has 4 rings (SSSR count). The molecule has 1 atom stereocenters. The highest BCUT2D eigenvalue weighted by Crippen LogP contribution is 2.33. The van der Waals surface area contributed by atoms with Gasteiger partial charge in [-0.25, -0.2) is 9.67 Å². The molecule has 0 bridgehead atoms. The van der Waals surface area contributed by atoms with Gasteiger partial charge in [0, 0.05) is 17.7 Å². The average Bonchev–Trinajstić information content (AvgIpc) is 3.37. The van der Waals surface area contributed by atoms with E-state index < -0.39 is 0 Å². The predicted molar refractivity (Wildman–Crippen MR) is 104 cm³/mol. The lowest BCUT2D eigenvalue weighted by Crippen LogP contribution is -2.03. The topological polar surface area (TPSA) is 72.3 Å². The van der Waals surface area contributed by atoms with Crippen LogP contribution in [0.2, 0.25) is 0 Å². The zero-order valence-corrected chi connectivity index (χ0v) is 14.9. The summed E-state index contributed by atoms with van der Waals surface area (Å²) >= 11 is 4.74. The van der Waals surface area contributed by atoms with Crippen molar-refractivity contribution in [2.75, 3.05) is 0 Å². The van der Waals surface area contributed by atoms with Gasteiger partial charge in [0.2, 0.25) is 0 Å². The van der Waals surface area contributed by atoms with Crippen molar-refractivity contribution in [3.63, 3.8) is 0 Å². The van der Waals surface area contributed by atoms with E-state index >= 15 is 0 Å². The monoisotopic (exact) mass is 362 g/mol. The number of imidazole rings is 1. The highest BCUT2D eigenvalue weighted by molar-refractivity contribution is 7.80. The summed E-state index contributed by atoms with van der Waals surface area (Å²) in [6, 6.07) is 20.4. The van der Waals surface area contributed by atoms with Gasteiger partial charge >= 0.3 is 0 Å². The molecule has 0 radical (unpaired) electrons. The summed E-state index contributed by atoms with van der Waals surface area (Å²) in [5, 5.41) is 11.2. The number of nitrogens with one attached hydrogen (secondary N) is 1. The molecule has 0 saturated carbocycles. The van der Waals surface area contributed by atoms with Gasteiger partial charge in [0.25, 0.3) is 0 Å². The van der Waals surface area contributed by atoms with Gasteiger partial charge in [0.1, 0.15) is 12.2 Å². The maximum Gasteiger partial charge on any atom is 0.138 e. The van der Waals surface area contributed by atoms with Crippen molar-refractivity contribution in [2.24, 2.45) is 0 Å². The number of nitrogens with zero attached hydrogens (tertiary/aromatic N) is 5. The third-order valence-corrected chi connectivity index (χ3v) is 4.67. The number of aromatic amines is 1. The lowest BCUT2D eigenvalue weighted by atomic mass is 10.1. The fourth-order valence-corrected chi connectivity index (χ4v) is 3.08. The highest BCUT2D eigenvalue weighted by Gasteiger charge is 2.18. The van der Waals surface area contributed by atoms with Crippen molar-refractivity contribution in [3.8, 4) is 22.5 Å². The third-order valence-electron chi connectivity index (χ3n) is 4.17. The van der Waals surface area contributed by atoms with Crippen LogP contribution in [0.3, 0.4) is 0 Å². The Bertz CT molecular complexity index is 893. The van der Waals surface area contributed by atoms with Gasteiger partial charge in [0.15, 0.2) is 0 Å². The number of rotatable bonds is 6. The number of hydrogen-bond donors (Lipinski definition) is 2. The summed E-state index contributed by atoms with van der Waals surface area (Å²) in [5.41, 5.74) is 4.13. The number of aryl methyl sites for hydroxylation is 1. The second-order valence-corrected chi connectivity index (χ2v) is 6.58. The summed E-state index contributed by atoms with van der Waals surface area (Å²) in [6.07, 6.45) is 2.37. The van der Waals surface area contributed by atoms with Gasteiger partial charge in [-0.05, 0) is 16.8 Å². The van der Waals surface area contributed by atoms with E-state index in [0.717, 1.165) is 34.8 Å². The minimum absolute atomic E-state index is 0.0425. The van der Waals surface area contributed by atoms with Gasteiger partial charge in [-0.3, -0.25) is 0 Å². The average molecular weight is 362 g/mol. The third kappa shape index (κ3) is 3.52. The Balaban J connectivity index is 1.67. The molecule has 0 amide bonds. The zero-order valence-electron chi connectivity index (χ0n) is 14.0. The van der Waals surface area contributed by atoms with Gasteiger partial charge in [-0.1, -0.05) is 60.7 Å². The standard InChI is InChI=1S/C19H18N6S/c26-16(11-12-25-13-20-23-24-25)19-21-17(14-7-3-1-4-8-14)18(22-19)15-9-5-2-6-10-15/h1-10,13,16,26H,11-12H2,(H,21,22). The molecule has 7 heteroatoms. The molecule has 1 N–H and O–H groups in total. The molecule has 1 unspecified atom stereocenters. The zero-order chi connectivity index (χ0) is 17.8. The molecule has 0 aliphatic rings. The Labute approximate surface area is 156 Å². The van der Waals surface area contributed by atoms with Crippen LogP contribution in [-0.2, 0) is 6.54 Å². The van der Waals surface area contributed by atoms with E-state index in [4.69, 9.17) is 17.6 Å².